The van der Waals surface area contributed by atoms with Crippen molar-refractivity contribution >= 4 is 11.7 Å². The van der Waals surface area contributed by atoms with Crippen molar-refractivity contribution in [1.82, 2.24) is 35.2 Å². The van der Waals surface area contributed by atoms with Crippen LogP contribution in [0, 0.1) is 13.8 Å². The summed E-state index contributed by atoms with van der Waals surface area (Å²) in [7, 11) is 0. The summed E-state index contributed by atoms with van der Waals surface area (Å²) in [6.07, 6.45) is 1.85. The number of tetrazole rings is 1. The first-order valence-electron chi connectivity index (χ1n) is 8.82. The van der Waals surface area contributed by atoms with Gasteiger partial charge in [0, 0.05) is 31.6 Å². The molecule has 0 spiro atoms. The van der Waals surface area contributed by atoms with Gasteiger partial charge >= 0.3 is 6.03 Å². The number of hydrogen-bond acceptors (Lipinski definition) is 7. The van der Waals surface area contributed by atoms with Gasteiger partial charge in [0.1, 0.15) is 0 Å². The topological polar surface area (TPSA) is 115 Å². The standard InChI is InChI=1S/C17H20N8O2/c1-11-20-22-23-25(11)15-7-5-14(6-8-15)19-17(26)24-9-3-4-13(10-24)16-18-12(2)27-21-16/h5-8,13H,3-4,9-10H2,1-2H3,(H,19,26)/t13-/m0/s1. The van der Waals surface area contributed by atoms with Gasteiger partial charge in [0.25, 0.3) is 0 Å². The number of benzene rings is 1. The predicted molar refractivity (Wildman–Crippen MR) is 95.5 cm³/mol. The zero-order chi connectivity index (χ0) is 18.8. The third-order valence-electron chi connectivity index (χ3n) is 4.61. The third kappa shape index (κ3) is 3.64. The van der Waals surface area contributed by atoms with Crippen LogP contribution >= 0.6 is 0 Å². The largest absolute Gasteiger partial charge is 0.340 e. The van der Waals surface area contributed by atoms with Crippen molar-refractivity contribution in [3.63, 3.8) is 0 Å². The summed E-state index contributed by atoms with van der Waals surface area (Å²) >= 11 is 0. The Balaban J connectivity index is 1.40. The van der Waals surface area contributed by atoms with Crippen LogP contribution in [-0.4, -0.2) is 54.4 Å². The number of carbonyl (C=O) groups excluding carboxylic acids is 1. The summed E-state index contributed by atoms with van der Waals surface area (Å²) in [6.45, 7) is 4.88. The predicted octanol–water partition coefficient (Wildman–Crippen LogP) is 2.07. The number of aromatic nitrogens is 6. The van der Waals surface area contributed by atoms with E-state index >= 15 is 0 Å². The van der Waals surface area contributed by atoms with Crippen LogP contribution in [0.25, 0.3) is 5.69 Å². The van der Waals surface area contributed by atoms with Gasteiger partial charge in [0.15, 0.2) is 11.6 Å². The number of nitrogens with one attached hydrogen (secondary N) is 1. The number of aryl methyl sites for hydroxylation is 2. The van der Waals surface area contributed by atoms with Gasteiger partial charge < -0.3 is 14.7 Å². The van der Waals surface area contributed by atoms with Crippen LogP contribution < -0.4 is 5.32 Å². The maximum Gasteiger partial charge on any atom is 0.321 e. The number of piperidine rings is 1. The number of nitrogens with zero attached hydrogens (tertiary/aromatic N) is 7. The van der Waals surface area contributed by atoms with Gasteiger partial charge in [-0.2, -0.15) is 9.67 Å². The molecule has 0 bridgehead atoms. The molecule has 1 atom stereocenters. The van der Waals surface area contributed by atoms with Crippen LogP contribution in [-0.2, 0) is 0 Å². The molecule has 2 amide bonds. The summed E-state index contributed by atoms with van der Waals surface area (Å²) in [5, 5.41) is 18.4. The summed E-state index contributed by atoms with van der Waals surface area (Å²) in [5.41, 5.74) is 1.55. The molecular formula is C17H20N8O2. The van der Waals surface area contributed by atoms with Gasteiger partial charge in [0.2, 0.25) is 5.89 Å². The van der Waals surface area contributed by atoms with Gasteiger partial charge in [-0.15, -0.1) is 5.10 Å². The number of hydrogen-bond donors (Lipinski definition) is 1. The normalized spacial score (nSPS) is 17.1. The maximum atomic E-state index is 12.6. The molecule has 1 fully saturated rings. The maximum absolute atomic E-state index is 12.6. The Morgan fingerprint density at radius 2 is 2.07 bits per heavy atom. The first kappa shape index (κ1) is 17.1. The highest BCUT2D eigenvalue weighted by molar-refractivity contribution is 5.89. The van der Waals surface area contributed by atoms with E-state index in [2.05, 4.69) is 31.0 Å². The molecule has 0 unspecified atom stereocenters. The van der Waals surface area contributed by atoms with Gasteiger partial charge in [-0.3, -0.25) is 0 Å². The first-order chi connectivity index (χ1) is 13.1. The average Bonchev–Trinajstić information content (AvgIpc) is 3.31. The summed E-state index contributed by atoms with van der Waals surface area (Å²) < 4.78 is 6.70. The Hall–Kier alpha value is -3.30. The number of likely N-dealkylation sites (tertiary alicyclic amines) is 1. The van der Waals surface area contributed by atoms with Crippen LogP contribution in [0.1, 0.15) is 36.3 Å². The molecule has 1 N–H and O–H groups in total. The van der Waals surface area contributed by atoms with E-state index in [4.69, 9.17) is 4.52 Å². The molecule has 1 aliphatic rings. The molecule has 2 aromatic heterocycles. The SMILES string of the molecule is Cc1nc([C@H]2CCCN(C(=O)Nc3ccc(-n4nnnc4C)cc3)C2)no1. The molecule has 140 valence electrons. The first-order valence-corrected chi connectivity index (χ1v) is 8.82. The fraction of sp³-hybridized carbons (Fsp3) is 0.412. The highest BCUT2D eigenvalue weighted by Crippen LogP contribution is 2.25. The minimum Gasteiger partial charge on any atom is -0.340 e. The van der Waals surface area contributed by atoms with Crippen LogP contribution in [0.3, 0.4) is 0 Å². The summed E-state index contributed by atoms with van der Waals surface area (Å²) in [5.74, 6) is 2.02. The van der Waals surface area contributed by atoms with Crippen LogP contribution in [0.4, 0.5) is 10.5 Å². The van der Waals surface area contributed by atoms with Gasteiger partial charge in [-0.05, 0) is 54.5 Å². The minimum absolute atomic E-state index is 0.104. The molecule has 1 saturated heterocycles. The van der Waals surface area contributed by atoms with Crippen LogP contribution in [0.2, 0.25) is 0 Å². The molecule has 0 saturated carbocycles. The van der Waals surface area contributed by atoms with Gasteiger partial charge in [-0.1, -0.05) is 5.16 Å². The molecule has 1 aliphatic heterocycles. The lowest BCUT2D eigenvalue weighted by molar-refractivity contribution is 0.190. The van der Waals surface area contributed by atoms with Crippen LogP contribution in [0.5, 0.6) is 0 Å². The fourth-order valence-electron chi connectivity index (χ4n) is 3.21. The highest BCUT2D eigenvalue weighted by atomic mass is 16.5. The third-order valence-corrected chi connectivity index (χ3v) is 4.61. The average molecular weight is 368 g/mol. The zero-order valence-electron chi connectivity index (χ0n) is 15.2. The minimum atomic E-state index is -0.133. The lowest BCUT2D eigenvalue weighted by atomic mass is 9.98. The number of carbonyl (C=O) groups is 1. The molecule has 0 radical (unpaired) electrons. The Morgan fingerprint density at radius 1 is 1.26 bits per heavy atom. The lowest BCUT2D eigenvalue weighted by Gasteiger charge is -2.31. The van der Waals surface area contributed by atoms with E-state index in [1.54, 1.807) is 16.5 Å². The molecular weight excluding hydrogens is 348 g/mol. The van der Waals surface area contributed by atoms with Crippen LogP contribution in [0.15, 0.2) is 28.8 Å². The second-order valence-electron chi connectivity index (χ2n) is 6.57. The molecule has 10 heteroatoms. The number of rotatable bonds is 3. The monoisotopic (exact) mass is 368 g/mol. The molecule has 0 aliphatic carbocycles. The summed E-state index contributed by atoms with van der Waals surface area (Å²) in [4.78, 5) is 18.7. The van der Waals surface area contributed by atoms with E-state index in [0.29, 0.717) is 36.3 Å². The van der Waals surface area contributed by atoms with Crippen molar-refractivity contribution in [2.75, 3.05) is 18.4 Å². The number of anilines is 1. The van der Waals surface area contributed by atoms with Crippen molar-refractivity contribution in [3.05, 3.63) is 41.8 Å². The molecule has 4 rings (SSSR count). The van der Waals surface area contributed by atoms with Crippen molar-refractivity contribution < 1.29 is 9.32 Å². The Morgan fingerprint density at radius 3 is 2.74 bits per heavy atom. The Kier molecular flexibility index (Phi) is 4.53. The molecule has 3 heterocycles. The van der Waals surface area contributed by atoms with Crippen molar-refractivity contribution in [2.24, 2.45) is 0 Å². The van der Waals surface area contributed by atoms with E-state index in [1.165, 1.54) is 0 Å². The second-order valence-corrected chi connectivity index (χ2v) is 6.57. The lowest BCUT2D eigenvalue weighted by Crippen LogP contribution is -2.41. The Labute approximate surface area is 155 Å². The molecule has 27 heavy (non-hydrogen) atoms. The second kappa shape index (κ2) is 7.14. The van der Waals surface area contributed by atoms with E-state index in [9.17, 15) is 4.79 Å². The fourth-order valence-corrected chi connectivity index (χ4v) is 3.21. The zero-order valence-corrected chi connectivity index (χ0v) is 15.2. The number of urea groups is 1. The van der Waals surface area contributed by atoms with Gasteiger partial charge in [0.05, 0.1) is 5.69 Å². The summed E-state index contributed by atoms with van der Waals surface area (Å²) in [6, 6.07) is 7.25. The molecule has 1 aromatic carbocycles. The smallest absolute Gasteiger partial charge is 0.321 e. The van der Waals surface area contributed by atoms with E-state index in [1.807, 2.05) is 31.2 Å². The van der Waals surface area contributed by atoms with E-state index < -0.39 is 0 Å². The Bertz CT molecular complexity index is 933. The van der Waals surface area contributed by atoms with Crippen molar-refractivity contribution in [3.8, 4) is 5.69 Å². The van der Waals surface area contributed by atoms with E-state index in [0.717, 1.165) is 18.5 Å². The van der Waals surface area contributed by atoms with Crippen molar-refractivity contribution in [1.29, 1.82) is 0 Å². The van der Waals surface area contributed by atoms with Gasteiger partial charge in [-0.25, -0.2) is 4.79 Å². The highest BCUT2D eigenvalue weighted by Gasteiger charge is 2.27. The quantitative estimate of drug-likeness (QED) is 0.752. The van der Waals surface area contributed by atoms with Crippen molar-refractivity contribution in [2.45, 2.75) is 32.6 Å². The molecule has 10 nitrogen and oxygen atoms in total. The molecule has 3 aromatic rings. The number of amides is 2. The van der Waals surface area contributed by atoms with E-state index in [-0.39, 0.29) is 11.9 Å².